The zero-order chi connectivity index (χ0) is 20.4. The van der Waals surface area contributed by atoms with Gasteiger partial charge in [0, 0.05) is 19.5 Å². The van der Waals surface area contributed by atoms with Gasteiger partial charge in [-0.25, -0.2) is 0 Å². The Labute approximate surface area is 177 Å². The number of carbonyl (C=O) groups excluding carboxylic acids is 1. The van der Waals surface area contributed by atoms with E-state index in [9.17, 15) is 4.79 Å². The summed E-state index contributed by atoms with van der Waals surface area (Å²) in [5, 5.41) is 0. The average Bonchev–Trinajstić information content (AvgIpc) is 3.03. The van der Waals surface area contributed by atoms with Gasteiger partial charge in [0.05, 0.1) is 0 Å². The Morgan fingerprint density at radius 2 is 1.83 bits per heavy atom. The molecule has 1 heterocycles. The van der Waals surface area contributed by atoms with Gasteiger partial charge in [-0.2, -0.15) is 0 Å². The van der Waals surface area contributed by atoms with Gasteiger partial charge < -0.3 is 4.90 Å². The van der Waals surface area contributed by atoms with Gasteiger partial charge in [0.1, 0.15) is 0 Å². The number of amides is 1. The fourth-order valence-electron chi connectivity index (χ4n) is 8.78. The Bertz CT molecular complexity index is 774. The molecule has 3 aliphatic carbocycles. The van der Waals surface area contributed by atoms with Crippen LogP contribution < -0.4 is 0 Å². The first-order chi connectivity index (χ1) is 13.8. The second-order valence-corrected chi connectivity index (χ2v) is 11.7. The van der Waals surface area contributed by atoms with Crippen molar-refractivity contribution in [1.82, 2.24) is 4.90 Å². The summed E-state index contributed by atoms with van der Waals surface area (Å²) in [6.45, 7) is 7.68. The van der Waals surface area contributed by atoms with Crippen LogP contribution in [0.25, 0.3) is 0 Å². The van der Waals surface area contributed by atoms with Crippen LogP contribution in [-0.2, 0) is 11.2 Å². The highest BCUT2D eigenvalue weighted by molar-refractivity contribution is 5.77. The van der Waals surface area contributed by atoms with Crippen molar-refractivity contribution in [2.24, 2.45) is 40.4 Å². The summed E-state index contributed by atoms with van der Waals surface area (Å²) in [5.41, 5.74) is 2.39. The number of hydrogen-bond acceptors (Lipinski definition) is 1. The van der Waals surface area contributed by atoms with Gasteiger partial charge in [-0.05, 0) is 90.9 Å². The molecule has 2 nitrogen and oxygen atoms in total. The SMILES string of the molecule is C[C@H]1C[C@H]2N(C)C(=O)CC[C@]2(C)[C@H]2CC[C@]3(C)C[C@@H](Cc4ccccc4)C[C@H]3[C@H]12. The Hall–Kier alpha value is -1.31. The van der Waals surface area contributed by atoms with Crippen molar-refractivity contribution in [3.05, 3.63) is 35.9 Å². The van der Waals surface area contributed by atoms with E-state index in [0.29, 0.717) is 22.8 Å². The molecule has 0 N–H and O–H groups in total. The molecule has 0 unspecified atom stereocenters. The number of hydrogen-bond donors (Lipinski definition) is 0. The molecule has 1 aromatic rings. The smallest absolute Gasteiger partial charge is 0.222 e. The lowest BCUT2D eigenvalue weighted by Crippen LogP contribution is -2.62. The molecule has 1 saturated heterocycles. The fourth-order valence-corrected chi connectivity index (χ4v) is 8.78. The summed E-state index contributed by atoms with van der Waals surface area (Å²) in [6.07, 6.45) is 9.98. The van der Waals surface area contributed by atoms with Crippen molar-refractivity contribution in [1.29, 1.82) is 0 Å². The summed E-state index contributed by atoms with van der Waals surface area (Å²) in [4.78, 5) is 14.6. The molecule has 29 heavy (non-hydrogen) atoms. The molecule has 2 heteroatoms. The van der Waals surface area contributed by atoms with Crippen molar-refractivity contribution < 1.29 is 4.79 Å². The molecule has 0 bridgehead atoms. The minimum Gasteiger partial charge on any atom is -0.342 e. The lowest BCUT2D eigenvalue weighted by atomic mass is 9.45. The summed E-state index contributed by atoms with van der Waals surface area (Å²) in [5.74, 6) is 4.51. The first-order valence-corrected chi connectivity index (χ1v) is 12.1. The molecule has 4 fully saturated rings. The number of benzene rings is 1. The third-order valence-corrected chi connectivity index (χ3v) is 10.2. The maximum Gasteiger partial charge on any atom is 0.222 e. The molecule has 3 saturated carbocycles. The first kappa shape index (κ1) is 19.6. The quantitative estimate of drug-likeness (QED) is 0.607. The van der Waals surface area contributed by atoms with Crippen molar-refractivity contribution >= 4 is 5.91 Å². The van der Waals surface area contributed by atoms with Crippen LogP contribution >= 0.6 is 0 Å². The van der Waals surface area contributed by atoms with Gasteiger partial charge in [0.2, 0.25) is 5.91 Å². The van der Waals surface area contributed by atoms with E-state index >= 15 is 0 Å². The predicted octanol–water partition coefficient (Wildman–Crippen LogP) is 5.95. The van der Waals surface area contributed by atoms with E-state index in [-0.39, 0.29) is 0 Å². The van der Waals surface area contributed by atoms with Crippen molar-refractivity contribution in [3.63, 3.8) is 0 Å². The van der Waals surface area contributed by atoms with Crippen LogP contribution in [0, 0.1) is 40.4 Å². The van der Waals surface area contributed by atoms with Crippen LogP contribution in [0.1, 0.15) is 71.3 Å². The minimum atomic E-state index is 0.332. The van der Waals surface area contributed by atoms with Crippen LogP contribution in [0.3, 0.4) is 0 Å². The van der Waals surface area contributed by atoms with Gasteiger partial charge in [-0.15, -0.1) is 0 Å². The summed E-state index contributed by atoms with van der Waals surface area (Å²) in [6, 6.07) is 11.6. The normalized spacial score (nSPS) is 46.8. The largest absolute Gasteiger partial charge is 0.342 e. The highest BCUT2D eigenvalue weighted by atomic mass is 16.2. The van der Waals surface area contributed by atoms with E-state index < -0.39 is 0 Å². The van der Waals surface area contributed by atoms with Gasteiger partial charge in [0.25, 0.3) is 0 Å². The summed E-state index contributed by atoms with van der Waals surface area (Å²) >= 11 is 0. The van der Waals surface area contributed by atoms with Crippen LogP contribution in [0.4, 0.5) is 0 Å². The van der Waals surface area contributed by atoms with Crippen LogP contribution in [-0.4, -0.2) is 23.9 Å². The zero-order valence-electron chi connectivity index (χ0n) is 18.9. The van der Waals surface area contributed by atoms with E-state index in [4.69, 9.17) is 0 Å². The molecule has 5 rings (SSSR count). The third-order valence-electron chi connectivity index (χ3n) is 10.2. The third kappa shape index (κ3) is 3.00. The summed E-state index contributed by atoms with van der Waals surface area (Å²) in [7, 11) is 2.08. The first-order valence-electron chi connectivity index (χ1n) is 12.1. The van der Waals surface area contributed by atoms with Crippen molar-refractivity contribution in [2.75, 3.05) is 7.05 Å². The van der Waals surface area contributed by atoms with Gasteiger partial charge in [0.15, 0.2) is 0 Å². The molecule has 1 amide bonds. The number of fused-ring (bicyclic) bond motifs is 5. The van der Waals surface area contributed by atoms with E-state index in [2.05, 4.69) is 63.1 Å². The van der Waals surface area contributed by atoms with E-state index in [1.54, 1.807) is 0 Å². The molecule has 4 aliphatic rings. The fraction of sp³-hybridized carbons (Fsp3) is 0.741. The summed E-state index contributed by atoms with van der Waals surface area (Å²) < 4.78 is 0. The Morgan fingerprint density at radius 1 is 1.07 bits per heavy atom. The van der Waals surface area contributed by atoms with Crippen LogP contribution in [0.2, 0.25) is 0 Å². The van der Waals surface area contributed by atoms with E-state index in [1.165, 1.54) is 44.1 Å². The number of nitrogens with zero attached hydrogens (tertiary/aromatic N) is 1. The number of carbonyl (C=O) groups is 1. The topological polar surface area (TPSA) is 20.3 Å². The van der Waals surface area contributed by atoms with Gasteiger partial charge in [-0.3, -0.25) is 4.79 Å². The molecular weight excluding hydrogens is 354 g/mol. The molecule has 0 spiro atoms. The molecule has 8 atom stereocenters. The molecule has 0 radical (unpaired) electrons. The molecule has 158 valence electrons. The monoisotopic (exact) mass is 393 g/mol. The minimum absolute atomic E-state index is 0.332. The zero-order valence-corrected chi connectivity index (χ0v) is 18.9. The lowest BCUT2D eigenvalue weighted by molar-refractivity contribution is -0.164. The second kappa shape index (κ2) is 6.86. The Kier molecular flexibility index (Phi) is 4.64. The number of piperidine rings is 1. The van der Waals surface area contributed by atoms with Crippen molar-refractivity contribution in [2.45, 2.75) is 78.2 Å². The predicted molar refractivity (Wildman–Crippen MR) is 118 cm³/mol. The maximum absolute atomic E-state index is 12.4. The van der Waals surface area contributed by atoms with Crippen molar-refractivity contribution in [3.8, 4) is 0 Å². The van der Waals surface area contributed by atoms with Gasteiger partial charge >= 0.3 is 0 Å². The Morgan fingerprint density at radius 3 is 2.59 bits per heavy atom. The molecule has 0 aromatic heterocycles. The van der Waals surface area contributed by atoms with E-state index in [0.717, 1.165) is 42.4 Å². The van der Waals surface area contributed by atoms with Gasteiger partial charge in [-0.1, -0.05) is 51.1 Å². The molecule has 1 aliphatic heterocycles. The number of likely N-dealkylation sites (tertiary alicyclic amines) is 1. The van der Waals surface area contributed by atoms with Crippen LogP contribution in [0.15, 0.2) is 30.3 Å². The van der Waals surface area contributed by atoms with E-state index in [1.807, 2.05) is 0 Å². The Balaban J connectivity index is 1.41. The lowest BCUT2D eigenvalue weighted by Gasteiger charge is -2.63. The highest BCUT2D eigenvalue weighted by Crippen LogP contribution is 2.66. The number of rotatable bonds is 2. The highest BCUT2D eigenvalue weighted by Gasteiger charge is 2.61. The molecule has 1 aromatic carbocycles. The van der Waals surface area contributed by atoms with Crippen LogP contribution in [0.5, 0.6) is 0 Å². The average molecular weight is 394 g/mol. The molecular formula is C27H39NO. The maximum atomic E-state index is 12.4. The second-order valence-electron chi connectivity index (χ2n) is 11.7. The standard InChI is InChI=1S/C27H39NO/c1-18-14-23-27(3,13-11-24(29)28(23)4)21-10-12-26(2)17-20(16-22(26)25(18)21)15-19-8-6-5-7-9-19/h5-9,18,20-23,25H,10-17H2,1-4H3/t18-,20-,21-,22-,23+,25+,26+,27+/m0/s1.